The van der Waals surface area contributed by atoms with Crippen LogP contribution in [0.1, 0.15) is 18.6 Å². The SMILES string of the molecule is O=C1N/C(=C\c2ccco2)C(=O)N2CCCC12. The number of hydrogen-bond donors (Lipinski definition) is 1. The van der Waals surface area contributed by atoms with Crippen LogP contribution in [0.3, 0.4) is 0 Å². The van der Waals surface area contributed by atoms with Crippen molar-refractivity contribution in [1.82, 2.24) is 10.2 Å². The van der Waals surface area contributed by atoms with Crippen molar-refractivity contribution >= 4 is 17.9 Å². The zero-order chi connectivity index (χ0) is 11.8. The van der Waals surface area contributed by atoms with Crippen molar-refractivity contribution in [2.45, 2.75) is 18.9 Å². The first-order chi connectivity index (χ1) is 8.25. The van der Waals surface area contributed by atoms with Gasteiger partial charge in [0.15, 0.2) is 0 Å². The number of nitrogens with one attached hydrogen (secondary N) is 1. The second-order valence-electron chi connectivity index (χ2n) is 4.22. The minimum Gasteiger partial charge on any atom is -0.465 e. The number of carbonyl (C=O) groups is 2. The van der Waals surface area contributed by atoms with Crippen LogP contribution in [-0.2, 0) is 9.59 Å². The molecule has 2 saturated heterocycles. The Morgan fingerprint density at radius 2 is 2.35 bits per heavy atom. The fourth-order valence-electron chi connectivity index (χ4n) is 2.32. The van der Waals surface area contributed by atoms with Crippen LogP contribution < -0.4 is 5.32 Å². The van der Waals surface area contributed by atoms with E-state index in [4.69, 9.17) is 4.42 Å². The van der Waals surface area contributed by atoms with Gasteiger partial charge in [-0.25, -0.2) is 0 Å². The highest BCUT2D eigenvalue weighted by Crippen LogP contribution is 2.24. The number of rotatable bonds is 1. The van der Waals surface area contributed by atoms with Crippen molar-refractivity contribution in [1.29, 1.82) is 0 Å². The maximum Gasteiger partial charge on any atom is 0.271 e. The Kier molecular flexibility index (Phi) is 2.24. The largest absolute Gasteiger partial charge is 0.465 e. The molecule has 5 heteroatoms. The van der Waals surface area contributed by atoms with Crippen molar-refractivity contribution < 1.29 is 14.0 Å². The molecule has 0 aromatic carbocycles. The Hall–Kier alpha value is -2.04. The van der Waals surface area contributed by atoms with Gasteiger partial charge in [0, 0.05) is 12.6 Å². The quantitative estimate of drug-likeness (QED) is 0.726. The van der Waals surface area contributed by atoms with Gasteiger partial charge in [0.1, 0.15) is 17.5 Å². The van der Waals surface area contributed by atoms with Crippen LogP contribution >= 0.6 is 0 Å². The Labute approximate surface area is 98.1 Å². The summed E-state index contributed by atoms with van der Waals surface area (Å²) in [6.07, 6.45) is 4.73. The first kappa shape index (κ1) is 10.1. The van der Waals surface area contributed by atoms with Crippen molar-refractivity contribution in [3.63, 3.8) is 0 Å². The number of fused-ring (bicyclic) bond motifs is 1. The second-order valence-corrected chi connectivity index (χ2v) is 4.22. The predicted molar refractivity (Wildman–Crippen MR) is 59.6 cm³/mol. The van der Waals surface area contributed by atoms with E-state index in [0.29, 0.717) is 18.0 Å². The summed E-state index contributed by atoms with van der Waals surface area (Å²) in [4.78, 5) is 25.5. The summed E-state index contributed by atoms with van der Waals surface area (Å²) >= 11 is 0. The summed E-state index contributed by atoms with van der Waals surface area (Å²) in [6, 6.07) is 3.19. The molecule has 0 aliphatic carbocycles. The van der Waals surface area contributed by atoms with Gasteiger partial charge < -0.3 is 14.6 Å². The van der Waals surface area contributed by atoms with E-state index in [2.05, 4.69) is 5.32 Å². The van der Waals surface area contributed by atoms with E-state index in [-0.39, 0.29) is 17.9 Å². The van der Waals surface area contributed by atoms with E-state index < -0.39 is 0 Å². The monoisotopic (exact) mass is 232 g/mol. The molecule has 1 aromatic rings. The van der Waals surface area contributed by atoms with Crippen LogP contribution in [0.15, 0.2) is 28.5 Å². The third-order valence-corrected chi connectivity index (χ3v) is 3.13. The third kappa shape index (κ3) is 1.63. The number of furan rings is 1. The van der Waals surface area contributed by atoms with Gasteiger partial charge in [-0.15, -0.1) is 0 Å². The maximum absolute atomic E-state index is 12.1. The standard InChI is InChI=1S/C12H12N2O3/c15-11-10-4-1-5-14(10)12(16)9(13-11)7-8-3-2-6-17-8/h2-3,6-7,10H,1,4-5H2,(H,13,15)/b9-7-. The molecule has 5 nitrogen and oxygen atoms in total. The van der Waals surface area contributed by atoms with Crippen LogP contribution in [-0.4, -0.2) is 29.3 Å². The normalized spacial score (nSPS) is 26.2. The lowest BCUT2D eigenvalue weighted by atomic mass is 10.1. The Bertz CT molecular complexity index is 490. The molecule has 0 spiro atoms. The number of nitrogens with zero attached hydrogens (tertiary/aromatic N) is 1. The zero-order valence-electron chi connectivity index (χ0n) is 9.18. The van der Waals surface area contributed by atoms with Gasteiger partial charge in [0.2, 0.25) is 5.91 Å². The predicted octanol–water partition coefficient (Wildman–Crippen LogP) is 0.741. The molecule has 17 heavy (non-hydrogen) atoms. The van der Waals surface area contributed by atoms with Crippen molar-refractivity contribution in [2.75, 3.05) is 6.54 Å². The highest BCUT2D eigenvalue weighted by molar-refractivity contribution is 6.07. The average molecular weight is 232 g/mol. The molecule has 3 rings (SSSR count). The van der Waals surface area contributed by atoms with Crippen molar-refractivity contribution in [3.8, 4) is 0 Å². The first-order valence-corrected chi connectivity index (χ1v) is 5.63. The lowest BCUT2D eigenvalue weighted by molar-refractivity contribution is -0.140. The fourth-order valence-corrected chi connectivity index (χ4v) is 2.32. The maximum atomic E-state index is 12.1. The van der Waals surface area contributed by atoms with E-state index in [0.717, 1.165) is 12.8 Å². The zero-order valence-corrected chi connectivity index (χ0v) is 9.18. The molecule has 0 bridgehead atoms. The van der Waals surface area contributed by atoms with Crippen molar-refractivity contribution in [2.24, 2.45) is 0 Å². The summed E-state index contributed by atoms with van der Waals surface area (Å²) in [6.45, 7) is 0.659. The lowest BCUT2D eigenvalue weighted by Crippen LogP contribution is -2.53. The molecule has 1 N–H and O–H groups in total. The number of hydrogen-bond acceptors (Lipinski definition) is 3. The van der Waals surface area contributed by atoms with E-state index in [1.807, 2.05) is 0 Å². The van der Waals surface area contributed by atoms with Gasteiger partial charge in [-0.3, -0.25) is 9.59 Å². The number of piperazine rings is 1. The molecule has 2 aliphatic heterocycles. The van der Waals surface area contributed by atoms with Crippen LogP contribution in [0.5, 0.6) is 0 Å². The molecule has 2 fully saturated rings. The highest BCUT2D eigenvalue weighted by Gasteiger charge is 2.40. The van der Waals surface area contributed by atoms with Crippen LogP contribution in [0.25, 0.3) is 6.08 Å². The molecule has 0 radical (unpaired) electrons. The molecule has 2 aliphatic rings. The molecule has 3 heterocycles. The Morgan fingerprint density at radius 1 is 1.47 bits per heavy atom. The Balaban J connectivity index is 1.92. The van der Waals surface area contributed by atoms with Crippen LogP contribution in [0.4, 0.5) is 0 Å². The summed E-state index contributed by atoms with van der Waals surface area (Å²) < 4.78 is 5.13. The molecule has 1 aromatic heterocycles. The molecule has 1 unspecified atom stereocenters. The van der Waals surface area contributed by atoms with Crippen molar-refractivity contribution in [3.05, 3.63) is 29.9 Å². The third-order valence-electron chi connectivity index (χ3n) is 3.13. The van der Waals surface area contributed by atoms with E-state index >= 15 is 0 Å². The van der Waals surface area contributed by atoms with E-state index in [1.165, 1.54) is 6.26 Å². The van der Waals surface area contributed by atoms with Gasteiger partial charge in [-0.2, -0.15) is 0 Å². The molecule has 0 saturated carbocycles. The molecule has 1 atom stereocenters. The van der Waals surface area contributed by atoms with Crippen LogP contribution in [0.2, 0.25) is 0 Å². The van der Waals surface area contributed by atoms with Gasteiger partial charge in [-0.05, 0) is 25.0 Å². The number of carbonyl (C=O) groups excluding carboxylic acids is 2. The summed E-state index contributed by atoms with van der Waals surface area (Å²) in [5, 5.41) is 2.65. The second kappa shape index (κ2) is 3.76. The minimum absolute atomic E-state index is 0.0973. The Morgan fingerprint density at radius 3 is 3.12 bits per heavy atom. The molecular formula is C12H12N2O3. The topological polar surface area (TPSA) is 62.6 Å². The smallest absolute Gasteiger partial charge is 0.271 e. The molecule has 2 amide bonds. The first-order valence-electron chi connectivity index (χ1n) is 5.63. The fraction of sp³-hybridized carbons (Fsp3) is 0.333. The highest BCUT2D eigenvalue weighted by atomic mass is 16.3. The average Bonchev–Trinajstić information content (AvgIpc) is 2.96. The van der Waals surface area contributed by atoms with Gasteiger partial charge in [-0.1, -0.05) is 0 Å². The van der Waals surface area contributed by atoms with Crippen LogP contribution in [0, 0.1) is 0 Å². The number of amides is 2. The minimum atomic E-state index is -0.281. The summed E-state index contributed by atoms with van der Waals surface area (Å²) in [7, 11) is 0. The lowest BCUT2D eigenvalue weighted by Gasteiger charge is -2.30. The molecule has 88 valence electrons. The van der Waals surface area contributed by atoms with Gasteiger partial charge >= 0.3 is 0 Å². The summed E-state index contributed by atoms with van der Waals surface area (Å²) in [5.74, 6) is 0.342. The van der Waals surface area contributed by atoms with E-state index in [9.17, 15) is 9.59 Å². The van der Waals surface area contributed by atoms with E-state index in [1.54, 1.807) is 23.1 Å². The molecular weight excluding hydrogens is 220 g/mol. The van der Waals surface area contributed by atoms with Gasteiger partial charge in [0.05, 0.1) is 6.26 Å². The summed E-state index contributed by atoms with van der Waals surface area (Å²) in [5.41, 5.74) is 0.295. The van der Waals surface area contributed by atoms with Gasteiger partial charge in [0.25, 0.3) is 5.91 Å².